The molecule has 0 spiro atoms. The second-order valence-electron chi connectivity index (χ2n) is 3.10. The van der Waals surface area contributed by atoms with Crippen molar-refractivity contribution in [3.63, 3.8) is 0 Å². The standard InChI is InChI=1S/C10H10FNO2/c1-14-8-3-2-6(11)10-9(8)7(13)4-5-12-10/h2-3,12H,4-5H2,1H3. The van der Waals surface area contributed by atoms with E-state index in [0.717, 1.165) is 0 Å². The molecule has 0 saturated heterocycles. The second-order valence-corrected chi connectivity index (χ2v) is 3.10. The smallest absolute Gasteiger partial charge is 0.170 e. The molecule has 1 aromatic rings. The zero-order valence-electron chi connectivity index (χ0n) is 7.76. The van der Waals surface area contributed by atoms with Crippen LogP contribution in [0.4, 0.5) is 10.1 Å². The molecular formula is C10H10FNO2. The molecule has 0 saturated carbocycles. The van der Waals surface area contributed by atoms with Crippen LogP contribution < -0.4 is 10.1 Å². The normalized spacial score (nSPS) is 14.6. The predicted molar refractivity (Wildman–Crippen MR) is 50.4 cm³/mol. The van der Waals surface area contributed by atoms with Crippen LogP contribution in [0.5, 0.6) is 5.75 Å². The molecule has 1 N–H and O–H groups in total. The van der Waals surface area contributed by atoms with E-state index in [4.69, 9.17) is 4.74 Å². The van der Waals surface area contributed by atoms with Gasteiger partial charge in [0.05, 0.1) is 18.4 Å². The molecule has 1 aliphatic rings. The van der Waals surface area contributed by atoms with E-state index in [-0.39, 0.29) is 11.5 Å². The van der Waals surface area contributed by atoms with Crippen molar-refractivity contribution in [1.82, 2.24) is 0 Å². The maximum absolute atomic E-state index is 13.3. The van der Waals surface area contributed by atoms with Crippen molar-refractivity contribution < 1.29 is 13.9 Å². The molecule has 0 amide bonds. The fourth-order valence-corrected chi connectivity index (χ4v) is 1.60. The van der Waals surface area contributed by atoms with E-state index in [1.165, 1.54) is 19.2 Å². The molecule has 74 valence electrons. The van der Waals surface area contributed by atoms with Gasteiger partial charge in [-0.2, -0.15) is 0 Å². The topological polar surface area (TPSA) is 38.3 Å². The summed E-state index contributed by atoms with van der Waals surface area (Å²) in [5.41, 5.74) is 0.597. The number of hydrogen-bond donors (Lipinski definition) is 1. The van der Waals surface area contributed by atoms with Crippen molar-refractivity contribution >= 4 is 11.5 Å². The largest absolute Gasteiger partial charge is 0.496 e. The number of benzene rings is 1. The van der Waals surface area contributed by atoms with Crippen molar-refractivity contribution in [3.05, 3.63) is 23.5 Å². The van der Waals surface area contributed by atoms with Crippen LogP contribution in [0.1, 0.15) is 16.8 Å². The third kappa shape index (κ3) is 1.23. The molecule has 3 nitrogen and oxygen atoms in total. The van der Waals surface area contributed by atoms with Crippen LogP contribution in [0, 0.1) is 5.82 Å². The first-order valence-corrected chi connectivity index (χ1v) is 4.37. The van der Waals surface area contributed by atoms with Crippen LogP contribution in [0.2, 0.25) is 0 Å². The molecule has 1 aromatic carbocycles. The Bertz CT molecular complexity index is 390. The maximum Gasteiger partial charge on any atom is 0.170 e. The number of hydrogen-bond acceptors (Lipinski definition) is 3. The molecule has 0 unspecified atom stereocenters. The number of carbonyl (C=O) groups is 1. The van der Waals surface area contributed by atoms with Crippen LogP contribution in [-0.4, -0.2) is 19.4 Å². The molecule has 0 bridgehead atoms. The molecule has 0 atom stereocenters. The van der Waals surface area contributed by atoms with Crippen molar-refractivity contribution in [3.8, 4) is 5.75 Å². The summed E-state index contributed by atoms with van der Waals surface area (Å²) in [5.74, 6) is -0.0532. The number of Topliss-reactive ketones (excluding diaryl/α,β-unsaturated/α-hetero) is 1. The zero-order chi connectivity index (χ0) is 10.1. The van der Waals surface area contributed by atoms with Gasteiger partial charge in [0, 0.05) is 13.0 Å². The van der Waals surface area contributed by atoms with Gasteiger partial charge in [0.15, 0.2) is 5.78 Å². The number of ketones is 1. The highest BCUT2D eigenvalue weighted by Crippen LogP contribution is 2.32. The summed E-state index contributed by atoms with van der Waals surface area (Å²) in [6, 6.07) is 2.77. The Morgan fingerprint density at radius 1 is 1.50 bits per heavy atom. The number of halogens is 1. The number of ether oxygens (including phenoxy) is 1. The number of anilines is 1. The Morgan fingerprint density at radius 3 is 3.00 bits per heavy atom. The van der Waals surface area contributed by atoms with Gasteiger partial charge in [0.2, 0.25) is 0 Å². The van der Waals surface area contributed by atoms with E-state index in [2.05, 4.69) is 5.32 Å². The highest BCUT2D eigenvalue weighted by molar-refractivity contribution is 6.05. The first-order valence-electron chi connectivity index (χ1n) is 4.37. The monoisotopic (exact) mass is 195 g/mol. The van der Waals surface area contributed by atoms with Crippen LogP contribution in [0.15, 0.2) is 12.1 Å². The third-order valence-electron chi connectivity index (χ3n) is 2.27. The molecule has 1 aliphatic heterocycles. The molecular weight excluding hydrogens is 185 g/mol. The first-order chi connectivity index (χ1) is 6.74. The van der Waals surface area contributed by atoms with Crippen LogP contribution >= 0.6 is 0 Å². The van der Waals surface area contributed by atoms with Gasteiger partial charge in [-0.3, -0.25) is 4.79 Å². The van der Waals surface area contributed by atoms with Crippen molar-refractivity contribution in [2.45, 2.75) is 6.42 Å². The average molecular weight is 195 g/mol. The summed E-state index contributed by atoms with van der Waals surface area (Å²) < 4.78 is 18.3. The highest BCUT2D eigenvalue weighted by atomic mass is 19.1. The molecule has 1 heterocycles. The fourth-order valence-electron chi connectivity index (χ4n) is 1.60. The zero-order valence-corrected chi connectivity index (χ0v) is 7.76. The molecule has 0 radical (unpaired) electrons. The van der Waals surface area contributed by atoms with Gasteiger partial charge in [-0.05, 0) is 12.1 Å². The fraction of sp³-hybridized carbons (Fsp3) is 0.300. The Balaban J connectivity index is 2.64. The number of carbonyl (C=O) groups excluding carboxylic acids is 1. The molecule has 0 aliphatic carbocycles. The van der Waals surface area contributed by atoms with Gasteiger partial charge >= 0.3 is 0 Å². The minimum Gasteiger partial charge on any atom is -0.496 e. The van der Waals surface area contributed by atoms with E-state index in [0.29, 0.717) is 24.3 Å². The number of rotatable bonds is 1. The quantitative estimate of drug-likeness (QED) is 0.743. The number of fused-ring (bicyclic) bond motifs is 1. The van der Waals surface area contributed by atoms with Gasteiger partial charge < -0.3 is 10.1 Å². The number of methoxy groups -OCH3 is 1. The third-order valence-corrected chi connectivity index (χ3v) is 2.27. The predicted octanol–water partition coefficient (Wildman–Crippen LogP) is 1.83. The lowest BCUT2D eigenvalue weighted by Gasteiger charge is -2.19. The second kappa shape index (κ2) is 3.29. The van der Waals surface area contributed by atoms with Gasteiger partial charge in [-0.25, -0.2) is 4.39 Å². The van der Waals surface area contributed by atoms with Crippen LogP contribution in [0.3, 0.4) is 0 Å². The van der Waals surface area contributed by atoms with Crippen molar-refractivity contribution in [2.75, 3.05) is 19.0 Å². The summed E-state index contributed by atoms with van der Waals surface area (Å²) in [7, 11) is 1.47. The van der Waals surface area contributed by atoms with Crippen molar-refractivity contribution in [1.29, 1.82) is 0 Å². The minimum absolute atomic E-state index is 0.0740. The maximum atomic E-state index is 13.3. The van der Waals surface area contributed by atoms with E-state index in [1.54, 1.807) is 0 Å². The molecule has 14 heavy (non-hydrogen) atoms. The van der Waals surface area contributed by atoms with Crippen molar-refractivity contribution in [2.24, 2.45) is 0 Å². The molecule has 0 fully saturated rings. The summed E-state index contributed by atoms with van der Waals surface area (Å²) in [5, 5.41) is 2.86. The average Bonchev–Trinajstić information content (AvgIpc) is 2.20. The van der Waals surface area contributed by atoms with E-state index >= 15 is 0 Å². The molecule has 4 heteroatoms. The summed E-state index contributed by atoms with van der Waals surface area (Å²) >= 11 is 0. The molecule has 0 aromatic heterocycles. The van der Waals surface area contributed by atoms with Crippen LogP contribution in [0.25, 0.3) is 0 Å². The van der Waals surface area contributed by atoms with E-state index < -0.39 is 5.82 Å². The lowest BCUT2D eigenvalue weighted by molar-refractivity contribution is 0.0980. The minimum atomic E-state index is -0.408. The van der Waals surface area contributed by atoms with Gasteiger partial charge in [-0.15, -0.1) is 0 Å². The van der Waals surface area contributed by atoms with Crippen LogP contribution in [-0.2, 0) is 0 Å². The SMILES string of the molecule is COc1ccc(F)c2c1C(=O)CCN2. The summed E-state index contributed by atoms with van der Waals surface area (Å²) in [6.45, 7) is 0.482. The lowest BCUT2D eigenvalue weighted by Crippen LogP contribution is -2.20. The first kappa shape index (κ1) is 8.99. The Kier molecular flexibility index (Phi) is 2.11. The summed E-state index contributed by atoms with van der Waals surface area (Å²) in [4.78, 5) is 11.5. The summed E-state index contributed by atoms with van der Waals surface area (Å²) in [6.07, 6.45) is 0.382. The van der Waals surface area contributed by atoms with Gasteiger partial charge in [0.1, 0.15) is 11.6 Å². The van der Waals surface area contributed by atoms with E-state index in [1.807, 2.05) is 0 Å². The highest BCUT2D eigenvalue weighted by Gasteiger charge is 2.23. The Hall–Kier alpha value is -1.58. The van der Waals surface area contributed by atoms with Gasteiger partial charge in [-0.1, -0.05) is 0 Å². The Labute approximate surface area is 80.9 Å². The lowest BCUT2D eigenvalue weighted by atomic mass is 10.0. The van der Waals surface area contributed by atoms with Gasteiger partial charge in [0.25, 0.3) is 0 Å². The number of nitrogens with one attached hydrogen (secondary N) is 1. The van der Waals surface area contributed by atoms with E-state index in [9.17, 15) is 9.18 Å². The molecule has 2 rings (SSSR count). The Morgan fingerprint density at radius 2 is 2.29 bits per heavy atom.